The second-order valence-electron chi connectivity index (χ2n) is 5.15. The summed E-state index contributed by atoms with van der Waals surface area (Å²) in [7, 11) is 1.69. The zero-order valence-corrected chi connectivity index (χ0v) is 12.2. The van der Waals surface area contributed by atoms with E-state index in [1.54, 1.807) is 7.11 Å². The summed E-state index contributed by atoms with van der Waals surface area (Å²) in [6.45, 7) is 6.08. The molecule has 0 saturated carbocycles. The van der Waals surface area contributed by atoms with Crippen molar-refractivity contribution in [3.8, 4) is 17.1 Å². The Labute approximate surface area is 119 Å². The summed E-state index contributed by atoms with van der Waals surface area (Å²) in [5.74, 6) is 2.77. The SMILES string of the molecule is CCC1NCCn2c(-c3cc(C)ccc3OC)nnc21. The van der Waals surface area contributed by atoms with Gasteiger partial charge in [-0.25, -0.2) is 0 Å². The normalized spacial score (nSPS) is 17.9. The Kier molecular flexibility index (Phi) is 3.44. The van der Waals surface area contributed by atoms with Crippen LogP contribution in [0.25, 0.3) is 11.4 Å². The maximum atomic E-state index is 5.47. The number of methoxy groups -OCH3 is 1. The zero-order valence-electron chi connectivity index (χ0n) is 12.2. The predicted octanol–water partition coefficient (Wildman–Crippen LogP) is 2.32. The highest BCUT2D eigenvalue weighted by Gasteiger charge is 2.25. The number of ether oxygens (including phenoxy) is 1. The average Bonchev–Trinajstić information content (AvgIpc) is 2.90. The largest absolute Gasteiger partial charge is 0.496 e. The molecule has 0 saturated heterocycles. The highest BCUT2D eigenvalue weighted by atomic mass is 16.5. The van der Waals surface area contributed by atoms with Crippen LogP contribution in [0.4, 0.5) is 0 Å². The third kappa shape index (κ3) is 2.08. The van der Waals surface area contributed by atoms with Crippen LogP contribution >= 0.6 is 0 Å². The lowest BCUT2D eigenvalue weighted by atomic mass is 10.1. The number of aryl methyl sites for hydroxylation is 1. The fourth-order valence-corrected chi connectivity index (χ4v) is 2.76. The van der Waals surface area contributed by atoms with Crippen LogP contribution in [0.15, 0.2) is 18.2 Å². The first kappa shape index (κ1) is 13.1. The molecule has 0 radical (unpaired) electrons. The number of hydrogen-bond donors (Lipinski definition) is 1. The van der Waals surface area contributed by atoms with Gasteiger partial charge < -0.3 is 14.6 Å². The van der Waals surface area contributed by atoms with Gasteiger partial charge in [0, 0.05) is 13.1 Å². The van der Waals surface area contributed by atoms with Crippen molar-refractivity contribution in [3.63, 3.8) is 0 Å². The number of fused-ring (bicyclic) bond motifs is 1. The van der Waals surface area contributed by atoms with E-state index in [1.807, 2.05) is 12.1 Å². The van der Waals surface area contributed by atoms with E-state index in [0.717, 1.165) is 42.5 Å². The number of rotatable bonds is 3. The monoisotopic (exact) mass is 272 g/mol. The van der Waals surface area contributed by atoms with Crippen molar-refractivity contribution in [3.05, 3.63) is 29.6 Å². The standard InChI is InChI=1S/C15H20N4O/c1-4-12-15-18-17-14(19(15)8-7-16-12)11-9-10(2)5-6-13(11)20-3/h5-6,9,12,16H,4,7-8H2,1-3H3. The van der Waals surface area contributed by atoms with Crippen molar-refractivity contribution < 1.29 is 4.74 Å². The zero-order chi connectivity index (χ0) is 14.1. The van der Waals surface area contributed by atoms with E-state index in [4.69, 9.17) is 4.74 Å². The lowest BCUT2D eigenvalue weighted by molar-refractivity contribution is 0.404. The average molecular weight is 272 g/mol. The lowest BCUT2D eigenvalue weighted by Crippen LogP contribution is -2.33. The molecule has 0 amide bonds. The lowest BCUT2D eigenvalue weighted by Gasteiger charge is -2.24. The third-order valence-corrected chi connectivity index (χ3v) is 3.82. The van der Waals surface area contributed by atoms with Crippen LogP contribution in [-0.4, -0.2) is 28.4 Å². The molecular weight excluding hydrogens is 252 g/mol. The Morgan fingerprint density at radius 1 is 1.40 bits per heavy atom. The molecule has 20 heavy (non-hydrogen) atoms. The van der Waals surface area contributed by atoms with E-state index in [0.29, 0.717) is 6.04 Å². The Bertz CT molecular complexity index is 620. The molecule has 0 aliphatic carbocycles. The third-order valence-electron chi connectivity index (χ3n) is 3.82. The number of nitrogens with one attached hydrogen (secondary N) is 1. The molecule has 2 heterocycles. The molecule has 1 unspecified atom stereocenters. The maximum Gasteiger partial charge on any atom is 0.167 e. The molecule has 1 aliphatic rings. The molecule has 1 aromatic heterocycles. The van der Waals surface area contributed by atoms with Crippen LogP contribution in [0, 0.1) is 6.92 Å². The fraction of sp³-hybridized carbons (Fsp3) is 0.467. The molecule has 1 aromatic carbocycles. The van der Waals surface area contributed by atoms with Crippen LogP contribution in [0.5, 0.6) is 5.75 Å². The Balaban J connectivity index is 2.12. The molecule has 1 atom stereocenters. The molecular formula is C15H20N4O. The first-order valence-electron chi connectivity index (χ1n) is 7.06. The minimum Gasteiger partial charge on any atom is -0.496 e. The van der Waals surface area contributed by atoms with E-state index in [-0.39, 0.29) is 0 Å². The quantitative estimate of drug-likeness (QED) is 0.931. The van der Waals surface area contributed by atoms with Crippen LogP contribution < -0.4 is 10.1 Å². The van der Waals surface area contributed by atoms with Crippen LogP contribution in [-0.2, 0) is 6.54 Å². The van der Waals surface area contributed by atoms with Crippen LogP contribution in [0.3, 0.4) is 0 Å². The topological polar surface area (TPSA) is 52.0 Å². The Hall–Kier alpha value is -1.88. The molecule has 0 bridgehead atoms. The minimum absolute atomic E-state index is 0.292. The van der Waals surface area contributed by atoms with E-state index in [1.165, 1.54) is 5.56 Å². The molecule has 2 aromatic rings. The molecule has 1 N–H and O–H groups in total. The van der Waals surface area contributed by atoms with Gasteiger partial charge in [-0.3, -0.25) is 0 Å². The van der Waals surface area contributed by atoms with Crippen LogP contribution in [0.1, 0.15) is 30.8 Å². The second-order valence-corrected chi connectivity index (χ2v) is 5.15. The first-order valence-corrected chi connectivity index (χ1v) is 7.06. The molecule has 5 nitrogen and oxygen atoms in total. The second kappa shape index (κ2) is 5.25. The summed E-state index contributed by atoms with van der Waals surface area (Å²) in [5.41, 5.74) is 2.21. The van der Waals surface area contributed by atoms with Crippen molar-refractivity contribution in [2.24, 2.45) is 0 Å². The van der Waals surface area contributed by atoms with Crippen molar-refractivity contribution in [1.29, 1.82) is 0 Å². The van der Waals surface area contributed by atoms with E-state index in [9.17, 15) is 0 Å². The van der Waals surface area contributed by atoms with E-state index < -0.39 is 0 Å². The van der Waals surface area contributed by atoms with E-state index >= 15 is 0 Å². The van der Waals surface area contributed by atoms with Gasteiger partial charge in [-0.15, -0.1) is 10.2 Å². The summed E-state index contributed by atoms with van der Waals surface area (Å²) in [5, 5.41) is 12.3. The van der Waals surface area contributed by atoms with Gasteiger partial charge in [-0.1, -0.05) is 18.6 Å². The van der Waals surface area contributed by atoms with Gasteiger partial charge >= 0.3 is 0 Å². The molecule has 3 rings (SSSR count). The number of aromatic nitrogens is 3. The van der Waals surface area contributed by atoms with E-state index in [2.05, 4.69) is 40.0 Å². The van der Waals surface area contributed by atoms with Gasteiger partial charge in [0.2, 0.25) is 0 Å². The Morgan fingerprint density at radius 3 is 3.00 bits per heavy atom. The first-order chi connectivity index (χ1) is 9.74. The van der Waals surface area contributed by atoms with Gasteiger partial charge in [0.25, 0.3) is 0 Å². The van der Waals surface area contributed by atoms with Gasteiger partial charge in [0.15, 0.2) is 11.6 Å². The summed E-state index contributed by atoms with van der Waals surface area (Å²) in [6.07, 6.45) is 1.02. The van der Waals surface area contributed by atoms with Gasteiger partial charge in [0.1, 0.15) is 5.75 Å². The van der Waals surface area contributed by atoms with Crippen molar-refractivity contribution in [2.75, 3.05) is 13.7 Å². The highest BCUT2D eigenvalue weighted by molar-refractivity contribution is 5.65. The molecule has 0 fully saturated rings. The summed E-state index contributed by atoms with van der Waals surface area (Å²) >= 11 is 0. The fourth-order valence-electron chi connectivity index (χ4n) is 2.76. The highest BCUT2D eigenvalue weighted by Crippen LogP contribution is 2.32. The number of benzene rings is 1. The van der Waals surface area contributed by atoms with Gasteiger partial charge in [0.05, 0.1) is 18.7 Å². The van der Waals surface area contributed by atoms with Crippen molar-refractivity contribution in [1.82, 2.24) is 20.1 Å². The molecule has 0 spiro atoms. The predicted molar refractivity (Wildman–Crippen MR) is 77.8 cm³/mol. The maximum absolute atomic E-state index is 5.47. The smallest absolute Gasteiger partial charge is 0.167 e. The molecule has 5 heteroatoms. The van der Waals surface area contributed by atoms with Crippen LogP contribution in [0.2, 0.25) is 0 Å². The number of nitrogens with zero attached hydrogens (tertiary/aromatic N) is 3. The minimum atomic E-state index is 0.292. The summed E-state index contributed by atoms with van der Waals surface area (Å²) in [6, 6.07) is 6.44. The van der Waals surface area contributed by atoms with Gasteiger partial charge in [-0.2, -0.15) is 0 Å². The van der Waals surface area contributed by atoms with Crippen molar-refractivity contribution in [2.45, 2.75) is 32.9 Å². The number of hydrogen-bond acceptors (Lipinski definition) is 4. The van der Waals surface area contributed by atoms with Gasteiger partial charge in [-0.05, 0) is 25.5 Å². The molecule has 1 aliphatic heterocycles. The summed E-state index contributed by atoms with van der Waals surface area (Å²) < 4.78 is 7.68. The van der Waals surface area contributed by atoms with Crippen molar-refractivity contribution >= 4 is 0 Å². The Morgan fingerprint density at radius 2 is 2.25 bits per heavy atom. The molecule has 106 valence electrons. The summed E-state index contributed by atoms with van der Waals surface area (Å²) in [4.78, 5) is 0.